The molecule has 2 heteroatoms. The third kappa shape index (κ3) is 0.874. The van der Waals surface area contributed by atoms with Crippen LogP contribution in [0, 0.1) is 0 Å². The Morgan fingerprint density at radius 2 is 2.44 bits per heavy atom. The zero-order chi connectivity index (χ0) is 6.10. The molecule has 2 heterocycles. The first-order valence-electron chi connectivity index (χ1n) is 3.72. The van der Waals surface area contributed by atoms with Crippen molar-refractivity contribution in [2.24, 2.45) is 4.99 Å². The average molecular weight is 124 g/mol. The van der Waals surface area contributed by atoms with Crippen LogP contribution in [0.3, 0.4) is 0 Å². The second kappa shape index (κ2) is 2.10. The van der Waals surface area contributed by atoms with Gasteiger partial charge in [-0.05, 0) is 19.3 Å². The monoisotopic (exact) mass is 124 g/mol. The molecule has 9 heavy (non-hydrogen) atoms. The molecule has 0 amide bonds. The fourth-order valence-electron chi connectivity index (χ4n) is 1.66. The Hall–Kier alpha value is -0.370. The molecule has 2 aliphatic heterocycles. The standard InChI is InChI=1S/C7H12N2/c1-3-7-8-4-2-6-9(7)5-1/h4,7H,1-3,5-6H2. The third-order valence-electron chi connectivity index (χ3n) is 2.15. The first-order chi connectivity index (χ1) is 4.47. The van der Waals surface area contributed by atoms with Gasteiger partial charge in [-0.3, -0.25) is 9.89 Å². The molecule has 2 aliphatic rings. The van der Waals surface area contributed by atoms with Crippen molar-refractivity contribution in [1.82, 2.24) is 4.90 Å². The maximum absolute atomic E-state index is 4.39. The van der Waals surface area contributed by atoms with Gasteiger partial charge in [-0.25, -0.2) is 0 Å². The summed E-state index contributed by atoms with van der Waals surface area (Å²) in [5, 5.41) is 0. The number of fused-ring (bicyclic) bond motifs is 1. The fourth-order valence-corrected chi connectivity index (χ4v) is 1.66. The number of aliphatic imine (C=N–C) groups is 1. The van der Waals surface area contributed by atoms with Crippen LogP contribution in [0.1, 0.15) is 19.3 Å². The second-order valence-corrected chi connectivity index (χ2v) is 2.78. The van der Waals surface area contributed by atoms with Crippen molar-refractivity contribution < 1.29 is 0 Å². The van der Waals surface area contributed by atoms with Crippen LogP contribution in [0.2, 0.25) is 0 Å². The van der Waals surface area contributed by atoms with Crippen LogP contribution in [0.15, 0.2) is 4.99 Å². The van der Waals surface area contributed by atoms with Gasteiger partial charge in [0.2, 0.25) is 0 Å². The van der Waals surface area contributed by atoms with E-state index in [1.807, 2.05) is 0 Å². The van der Waals surface area contributed by atoms with E-state index >= 15 is 0 Å². The third-order valence-corrected chi connectivity index (χ3v) is 2.15. The minimum Gasteiger partial charge on any atom is -0.282 e. The molecule has 1 unspecified atom stereocenters. The zero-order valence-corrected chi connectivity index (χ0v) is 5.58. The molecule has 0 radical (unpaired) electrons. The van der Waals surface area contributed by atoms with Gasteiger partial charge < -0.3 is 0 Å². The van der Waals surface area contributed by atoms with Crippen molar-refractivity contribution in [3.05, 3.63) is 0 Å². The van der Waals surface area contributed by atoms with Crippen LogP contribution in [0.25, 0.3) is 0 Å². The Bertz CT molecular complexity index is 131. The minimum absolute atomic E-state index is 0.568. The first kappa shape index (κ1) is 5.42. The number of rotatable bonds is 0. The minimum atomic E-state index is 0.568. The fraction of sp³-hybridized carbons (Fsp3) is 0.857. The molecule has 0 spiro atoms. The van der Waals surface area contributed by atoms with Gasteiger partial charge in [0.25, 0.3) is 0 Å². The van der Waals surface area contributed by atoms with Crippen molar-refractivity contribution in [3.63, 3.8) is 0 Å². The Labute approximate surface area is 55.6 Å². The molecule has 0 bridgehead atoms. The largest absolute Gasteiger partial charge is 0.282 e. The molecule has 1 saturated heterocycles. The van der Waals surface area contributed by atoms with Gasteiger partial charge in [-0.1, -0.05) is 0 Å². The van der Waals surface area contributed by atoms with Gasteiger partial charge in [-0.2, -0.15) is 0 Å². The smallest absolute Gasteiger partial charge is 0.102 e. The molecular formula is C7H12N2. The molecule has 1 atom stereocenters. The molecule has 2 rings (SSSR count). The van der Waals surface area contributed by atoms with Crippen molar-refractivity contribution >= 4 is 6.21 Å². The number of hydrogen-bond donors (Lipinski definition) is 0. The maximum atomic E-state index is 4.39. The molecule has 0 saturated carbocycles. The summed E-state index contributed by atoms with van der Waals surface area (Å²) in [6, 6.07) is 0. The molecule has 1 fully saturated rings. The summed E-state index contributed by atoms with van der Waals surface area (Å²) in [7, 11) is 0. The highest BCUT2D eigenvalue weighted by atomic mass is 15.3. The SMILES string of the molecule is C1=NC2CCCN2CC1. The van der Waals surface area contributed by atoms with Crippen molar-refractivity contribution in [3.8, 4) is 0 Å². The molecule has 2 nitrogen and oxygen atoms in total. The van der Waals surface area contributed by atoms with Gasteiger partial charge in [0.05, 0.1) is 0 Å². The Morgan fingerprint density at radius 1 is 1.44 bits per heavy atom. The topological polar surface area (TPSA) is 15.6 Å². The quantitative estimate of drug-likeness (QED) is 0.468. The number of hydrogen-bond acceptors (Lipinski definition) is 2. The van der Waals surface area contributed by atoms with E-state index in [9.17, 15) is 0 Å². The van der Waals surface area contributed by atoms with Crippen molar-refractivity contribution in [1.29, 1.82) is 0 Å². The highest BCUT2D eigenvalue weighted by Gasteiger charge is 2.24. The number of nitrogens with zero attached hydrogens (tertiary/aromatic N) is 2. The normalized spacial score (nSPS) is 34.9. The molecule has 0 aliphatic carbocycles. The van der Waals surface area contributed by atoms with Gasteiger partial charge in [0.15, 0.2) is 0 Å². The summed E-state index contributed by atoms with van der Waals surface area (Å²) < 4.78 is 0. The molecule has 50 valence electrons. The summed E-state index contributed by atoms with van der Waals surface area (Å²) in [6.07, 6.45) is 6.44. The Balaban J connectivity index is 2.10. The summed E-state index contributed by atoms with van der Waals surface area (Å²) in [4.78, 5) is 6.86. The van der Waals surface area contributed by atoms with Crippen LogP contribution in [0.5, 0.6) is 0 Å². The first-order valence-corrected chi connectivity index (χ1v) is 3.72. The predicted octanol–water partition coefficient (Wildman–Crippen LogP) is 0.883. The lowest BCUT2D eigenvalue weighted by Gasteiger charge is -2.23. The van der Waals surface area contributed by atoms with E-state index in [2.05, 4.69) is 16.1 Å². The van der Waals surface area contributed by atoms with Crippen molar-refractivity contribution in [2.75, 3.05) is 13.1 Å². The van der Waals surface area contributed by atoms with Gasteiger partial charge in [0.1, 0.15) is 6.17 Å². The molecule has 0 aromatic heterocycles. The van der Waals surface area contributed by atoms with Crippen LogP contribution in [0.4, 0.5) is 0 Å². The van der Waals surface area contributed by atoms with Crippen LogP contribution >= 0.6 is 0 Å². The summed E-state index contributed by atoms with van der Waals surface area (Å²) >= 11 is 0. The summed E-state index contributed by atoms with van der Waals surface area (Å²) in [5.74, 6) is 0. The lowest BCUT2D eigenvalue weighted by atomic mass is 10.3. The van der Waals surface area contributed by atoms with E-state index in [-0.39, 0.29) is 0 Å². The summed E-state index contributed by atoms with van der Waals surface area (Å²) in [6.45, 7) is 2.52. The predicted molar refractivity (Wildman–Crippen MR) is 37.7 cm³/mol. The van der Waals surface area contributed by atoms with Crippen LogP contribution in [-0.2, 0) is 0 Å². The maximum Gasteiger partial charge on any atom is 0.102 e. The average Bonchev–Trinajstić information content (AvgIpc) is 2.33. The van der Waals surface area contributed by atoms with Gasteiger partial charge >= 0.3 is 0 Å². The van der Waals surface area contributed by atoms with E-state index in [1.54, 1.807) is 0 Å². The lowest BCUT2D eigenvalue weighted by Crippen LogP contribution is -2.32. The van der Waals surface area contributed by atoms with Crippen LogP contribution < -0.4 is 0 Å². The highest BCUT2D eigenvalue weighted by molar-refractivity contribution is 5.58. The second-order valence-electron chi connectivity index (χ2n) is 2.78. The van der Waals surface area contributed by atoms with E-state index < -0.39 is 0 Å². The summed E-state index contributed by atoms with van der Waals surface area (Å²) in [5.41, 5.74) is 0. The molecular weight excluding hydrogens is 112 g/mol. The Kier molecular flexibility index (Phi) is 1.27. The molecule has 0 aromatic rings. The molecule has 0 N–H and O–H groups in total. The molecule has 0 aromatic carbocycles. The Morgan fingerprint density at radius 3 is 3.33 bits per heavy atom. The van der Waals surface area contributed by atoms with Gasteiger partial charge in [0, 0.05) is 19.3 Å². The highest BCUT2D eigenvalue weighted by Crippen LogP contribution is 2.19. The van der Waals surface area contributed by atoms with Crippen molar-refractivity contribution in [2.45, 2.75) is 25.4 Å². The zero-order valence-electron chi connectivity index (χ0n) is 5.58. The lowest BCUT2D eigenvalue weighted by molar-refractivity contribution is 0.259. The van der Waals surface area contributed by atoms with Gasteiger partial charge in [-0.15, -0.1) is 0 Å². The van der Waals surface area contributed by atoms with E-state index in [0.717, 1.165) is 6.42 Å². The van der Waals surface area contributed by atoms with Crippen LogP contribution in [-0.4, -0.2) is 30.4 Å². The van der Waals surface area contributed by atoms with E-state index in [4.69, 9.17) is 0 Å². The van der Waals surface area contributed by atoms with E-state index in [0.29, 0.717) is 6.17 Å². The van der Waals surface area contributed by atoms with E-state index in [1.165, 1.54) is 25.9 Å².